The molecule has 2 heterocycles. The zero-order chi connectivity index (χ0) is 15.5. The number of benzene rings is 1. The second-order valence-corrected chi connectivity index (χ2v) is 5.03. The summed E-state index contributed by atoms with van der Waals surface area (Å²) < 4.78 is 5.53. The highest BCUT2D eigenvalue weighted by Gasteiger charge is 2.25. The Morgan fingerprint density at radius 1 is 1.32 bits per heavy atom. The molecule has 0 saturated carbocycles. The van der Waals surface area contributed by atoms with E-state index in [2.05, 4.69) is 9.97 Å². The molecular weight excluding hydrogens is 278 g/mol. The Labute approximate surface area is 127 Å². The van der Waals surface area contributed by atoms with E-state index in [0.717, 1.165) is 11.3 Å². The third-order valence-electron chi connectivity index (χ3n) is 3.36. The van der Waals surface area contributed by atoms with Crippen LogP contribution < -0.4 is 0 Å². The fourth-order valence-electron chi connectivity index (χ4n) is 2.18. The van der Waals surface area contributed by atoms with Crippen LogP contribution in [-0.4, -0.2) is 15.8 Å². The average molecular weight is 291 g/mol. The van der Waals surface area contributed by atoms with E-state index >= 15 is 0 Å². The van der Waals surface area contributed by atoms with Gasteiger partial charge in [-0.1, -0.05) is 18.2 Å². The lowest BCUT2D eigenvalue weighted by atomic mass is 10.00. The molecule has 1 aromatic carbocycles. The van der Waals surface area contributed by atoms with Crippen molar-refractivity contribution >= 4 is 16.9 Å². The lowest BCUT2D eigenvalue weighted by molar-refractivity contribution is -0.119. The van der Waals surface area contributed by atoms with Crippen molar-refractivity contribution in [3.63, 3.8) is 0 Å². The van der Waals surface area contributed by atoms with Gasteiger partial charge in [0.05, 0.1) is 6.07 Å². The third kappa shape index (κ3) is 2.72. The smallest absolute Gasteiger partial charge is 0.220 e. The molecule has 0 amide bonds. The molecule has 3 aromatic rings. The summed E-state index contributed by atoms with van der Waals surface area (Å²) in [7, 11) is 0. The highest BCUT2D eigenvalue weighted by atomic mass is 16.3. The number of carbonyl (C=O) groups is 1. The van der Waals surface area contributed by atoms with Crippen LogP contribution >= 0.6 is 0 Å². The number of para-hydroxylation sites is 2. The van der Waals surface area contributed by atoms with E-state index in [4.69, 9.17) is 4.42 Å². The van der Waals surface area contributed by atoms with E-state index in [0.29, 0.717) is 11.1 Å². The van der Waals surface area contributed by atoms with Gasteiger partial charge in [0.25, 0.3) is 0 Å². The predicted octanol–water partition coefficient (Wildman–Crippen LogP) is 2.95. The Balaban J connectivity index is 1.85. The maximum Gasteiger partial charge on any atom is 0.220 e. The lowest BCUT2D eigenvalue weighted by Gasteiger charge is -2.04. The predicted molar refractivity (Wildman–Crippen MR) is 80.0 cm³/mol. The second kappa shape index (κ2) is 5.78. The minimum Gasteiger partial charge on any atom is -0.439 e. The molecule has 0 spiro atoms. The van der Waals surface area contributed by atoms with Crippen LogP contribution in [0.4, 0.5) is 0 Å². The van der Waals surface area contributed by atoms with Crippen LogP contribution in [0.15, 0.2) is 47.0 Å². The standard InChI is InChI=1S/C17H13N3O2/c1-11-6-7-12(10-19-11)8-15(21)13(9-18)17-20-14-4-2-3-5-16(14)22-17/h2-7,10,13H,8H2,1H3. The summed E-state index contributed by atoms with van der Waals surface area (Å²) in [5, 5.41) is 9.31. The first-order valence-electron chi connectivity index (χ1n) is 6.86. The molecule has 5 heteroatoms. The maximum absolute atomic E-state index is 12.4. The van der Waals surface area contributed by atoms with Crippen LogP contribution in [0.25, 0.3) is 11.1 Å². The van der Waals surface area contributed by atoms with Gasteiger partial charge < -0.3 is 4.42 Å². The van der Waals surface area contributed by atoms with Crippen LogP contribution in [0.3, 0.4) is 0 Å². The number of nitrogens with zero attached hydrogens (tertiary/aromatic N) is 3. The summed E-state index contributed by atoms with van der Waals surface area (Å²) in [6.07, 6.45) is 1.78. The van der Waals surface area contributed by atoms with Crippen molar-refractivity contribution in [3.05, 3.63) is 59.7 Å². The molecule has 108 valence electrons. The molecular formula is C17H13N3O2. The van der Waals surface area contributed by atoms with Gasteiger partial charge >= 0.3 is 0 Å². The van der Waals surface area contributed by atoms with Gasteiger partial charge in [0, 0.05) is 18.3 Å². The Morgan fingerprint density at radius 2 is 2.14 bits per heavy atom. The summed E-state index contributed by atoms with van der Waals surface area (Å²) >= 11 is 0. The number of nitriles is 1. The first-order valence-corrected chi connectivity index (χ1v) is 6.86. The molecule has 2 aromatic heterocycles. The van der Waals surface area contributed by atoms with Crippen LogP contribution in [0.2, 0.25) is 0 Å². The Bertz CT molecular complexity index is 826. The van der Waals surface area contributed by atoms with Gasteiger partial charge in [0.2, 0.25) is 5.89 Å². The number of fused-ring (bicyclic) bond motifs is 1. The van der Waals surface area contributed by atoms with Gasteiger partial charge in [-0.05, 0) is 30.7 Å². The largest absolute Gasteiger partial charge is 0.439 e. The van der Waals surface area contributed by atoms with Crippen LogP contribution in [0.5, 0.6) is 0 Å². The third-order valence-corrected chi connectivity index (χ3v) is 3.36. The van der Waals surface area contributed by atoms with Crippen LogP contribution in [0, 0.1) is 18.3 Å². The minimum absolute atomic E-state index is 0.129. The second-order valence-electron chi connectivity index (χ2n) is 5.03. The highest BCUT2D eigenvalue weighted by molar-refractivity contribution is 5.89. The number of hydrogen-bond donors (Lipinski definition) is 0. The van der Waals surface area contributed by atoms with Gasteiger partial charge in [-0.15, -0.1) is 0 Å². The molecule has 0 bridgehead atoms. The van der Waals surface area contributed by atoms with Gasteiger partial charge in [0.1, 0.15) is 5.52 Å². The fraction of sp³-hybridized carbons (Fsp3) is 0.176. The van der Waals surface area contributed by atoms with E-state index in [1.165, 1.54) is 0 Å². The molecule has 22 heavy (non-hydrogen) atoms. The molecule has 5 nitrogen and oxygen atoms in total. The van der Waals surface area contributed by atoms with Gasteiger partial charge in [0.15, 0.2) is 17.3 Å². The molecule has 1 atom stereocenters. The lowest BCUT2D eigenvalue weighted by Crippen LogP contribution is -2.14. The summed E-state index contributed by atoms with van der Waals surface area (Å²) in [5.41, 5.74) is 2.86. The topological polar surface area (TPSA) is 79.8 Å². The van der Waals surface area contributed by atoms with E-state index in [1.807, 2.05) is 37.3 Å². The molecule has 0 fully saturated rings. The van der Waals surface area contributed by atoms with Crippen molar-refractivity contribution in [2.24, 2.45) is 0 Å². The summed E-state index contributed by atoms with van der Waals surface area (Å²) in [6, 6.07) is 12.8. The first kappa shape index (κ1) is 14.0. The SMILES string of the molecule is Cc1ccc(CC(=O)C(C#N)c2nc3ccccc3o2)cn1. The van der Waals surface area contributed by atoms with E-state index in [9.17, 15) is 10.1 Å². The average Bonchev–Trinajstić information content (AvgIpc) is 2.94. The molecule has 3 rings (SSSR count). The van der Waals surface area contributed by atoms with Gasteiger partial charge in [-0.2, -0.15) is 5.26 Å². The molecule has 0 radical (unpaired) electrons. The Morgan fingerprint density at radius 3 is 2.82 bits per heavy atom. The van der Waals surface area contributed by atoms with Crippen molar-refractivity contribution < 1.29 is 9.21 Å². The number of hydrogen-bond acceptors (Lipinski definition) is 5. The molecule has 0 N–H and O–H groups in total. The Hall–Kier alpha value is -3.00. The van der Waals surface area contributed by atoms with E-state index < -0.39 is 5.92 Å². The molecule has 0 saturated heterocycles. The van der Waals surface area contributed by atoms with Gasteiger partial charge in [-0.3, -0.25) is 9.78 Å². The van der Waals surface area contributed by atoms with Crippen molar-refractivity contribution in [1.82, 2.24) is 9.97 Å². The minimum atomic E-state index is -1.01. The maximum atomic E-state index is 12.4. The van der Waals surface area contributed by atoms with Crippen molar-refractivity contribution in [1.29, 1.82) is 5.26 Å². The van der Waals surface area contributed by atoms with E-state index in [-0.39, 0.29) is 18.1 Å². The monoisotopic (exact) mass is 291 g/mol. The number of aryl methyl sites for hydroxylation is 1. The zero-order valence-corrected chi connectivity index (χ0v) is 12.0. The molecule has 1 unspecified atom stereocenters. The van der Waals surface area contributed by atoms with E-state index in [1.54, 1.807) is 18.3 Å². The number of ketones is 1. The number of oxazole rings is 1. The normalized spacial score (nSPS) is 12.0. The van der Waals surface area contributed by atoms with Crippen LogP contribution in [-0.2, 0) is 11.2 Å². The van der Waals surface area contributed by atoms with Crippen molar-refractivity contribution in [2.45, 2.75) is 19.3 Å². The number of rotatable bonds is 4. The first-order chi connectivity index (χ1) is 10.7. The van der Waals surface area contributed by atoms with Crippen molar-refractivity contribution in [3.8, 4) is 6.07 Å². The van der Waals surface area contributed by atoms with Crippen molar-refractivity contribution in [2.75, 3.05) is 0 Å². The number of Topliss-reactive ketones (excluding diaryl/α,β-unsaturated/α-hetero) is 1. The zero-order valence-electron chi connectivity index (χ0n) is 12.0. The van der Waals surface area contributed by atoms with Crippen LogP contribution in [0.1, 0.15) is 23.1 Å². The quantitative estimate of drug-likeness (QED) is 0.738. The molecule has 0 aliphatic rings. The summed E-state index contributed by atoms with van der Waals surface area (Å²) in [6.45, 7) is 1.88. The Kier molecular flexibility index (Phi) is 3.67. The summed E-state index contributed by atoms with van der Waals surface area (Å²) in [5.74, 6) is -1.11. The van der Waals surface area contributed by atoms with Gasteiger partial charge in [-0.25, -0.2) is 4.98 Å². The summed E-state index contributed by atoms with van der Waals surface area (Å²) in [4.78, 5) is 20.7. The fourth-order valence-corrected chi connectivity index (χ4v) is 2.18. The molecule has 0 aliphatic heterocycles. The number of carbonyl (C=O) groups excluding carboxylic acids is 1. The number of aromatic nitrogens is 2. The highest BCUT2D eigenvalue weighted by Crippen LogP contribution is 2.22. The number of pyridine rings is 1. The molecule has 0 aliphatic carbocycles.